The fourth-order valence-corrected chi connectivity index (χ4v) is 2.35. The van der Waals surface area contributed by atoms with Gasteiger partial charge in [0.05, 0.1) is 12.6 Å². The summed E-state index contributed by atoms with van der Waals surface area (Å²) in [5.41, 5.74) is 1.31. The molecule has 1 aliphatic heterocycles. The summed E-state index contributed by atoms with van der Waals surface area (Å²) in [4.78, 5) is 0. The van der Waals surface area contributed by atoms with Crippen LogP contribution >= 0.6 is 0 Å². The molecule has 0 radical (unpaired) electrons. The van der Waals surface area contributed by atoms with E-state index in [1.807, 2.05) is 12.1 Å². The van der Waals surface area contributed by atoms with Crippen LogP contribution in [0.2, 0.25) is 0 Å². The van der Waals surface area contributed by atoms with Gasteiger partial charge in [0, 0.05) is 13.0 Å². The Kier molecular flexibility index (Phi) is 5.02. The maximum atomic E-state index is 6.01. The fourth-order valence-electron chi connectivity index (χ4n) is 2.35. The van der Waals surface area contributed by atoms with E-state index in [1.54, 1.807) is 0 Å². The van der Waals surface area contributed by atoms with Crippen molar-refractivity contribution in [2.75, 3.05) is 19.8 Å². The van der Waals surface area contributed by atoms with Crippen LogP contribution in [0.15, 0.2) is 24.3 Å². The molecule has 1 aromatic carbocycles. The van der Waals surface area contributed by atoms with E-state index in [2.05, 4.69) is 31.3 Å². The second-order valence-corrected chi connectivity index (χ2v) is 4.71. The molecule has 1 aromatic rings. The second-order valence-electron chi connectivity index (χ2n) is 4.71. The van der Waals surface area contributed by atoms with E-state index in [9.17, 15) is 0 Å². The van der Waals surface area contributed by atoms with Crippen LogP contribution in [0.5, 0.6) is 5.75 Å². The average molecular weight is 249 g/mol. The third-order valence-corrected chi connectivity index (χ3v) is 3.23. The Hall–Kier alpha value is -1.06. The lowest BCUT2D eigenvalue weighted by Gasteiger charge is -2.23. The van der Waals surface area contributed by atoms with E-state index < -0.39 is 0 Å². The molecule has 0 aromatic heterocycles. The van der Waals surface area contributed by atoms with Crippen molar-refractivity contribution in [3.63, 3.8) is 0 Å². The van der Waals surface area contributed by atoms with Crippen LogP contribution in [-0.4, -0.2) is 31.9 Å². The Bertz CT molecular complexity index is 342. The molecule has 2 rings (SSSR count). The van der Waals surface area contributed by atoms with Gasteiger partial charge in [0.15, 0.2) is 0 Å². The summed E-state index contributed by atoms with van der Waals surface area (Å²) < 4.78 is 11.7. The molecular formula is C15H23NO2. The van der Waals surface area contributed by atoms with Crippen LogP contribution in [0, 0.1) is 0 Å². The highest BCUT2D eigenvalue weighted by molar-refractivity contribution is 5.37. The number of rotatable bonds is 7. The van der Waals surface area contributed by atoms with Crippen molar-refractivity contribution in [3.8, 4) is 5.75 Å². The number of hydrogen-bond acceptors (Lipinski definition) is 3. The summed E-state index contributed by atoms with van der Waals surface area (Å²) in [6.45, 7) is 6.73. The third kappa shape index (κ3) is 3.24. The number of para-hydroxylation sites is 1. The summed E-state index contributed by atoms with van der Waals surface area (Å²) in [7, 11) is 0. The van der Waals surface area contributed by atoms with Crippen molar-refractivity contribution in [1.82, 2.24) is 5.32 Å². The number of benzene rings is 1. The van der Waals surface area contributed by atoms with Crippen LogP contribution in [-0.2, 0) is 11.2 Å². The second kappa shape index (κ2) is 6.76. The van der Waals surface area contributed by atoms with E-state index in [1.165, 1.54) is 5.56 Å². The normalized spacial score (nSPS) is 19.3. The lowest BCUT2D eigenvalue weighted by molar-refractivity contribution is 0.0683. The summed E-state index contributed by atoms with van der Waals surface area (Å²) in [6.07, 6.45) is 2.23. The molecule has 2 unspecified atom stereocenters. The monoisotopic (exact) mass is 249 g/mol. The molecule has 2 atom stereocenters. The number of fused-ring (bicyclic) bond motifs is 1. The molecule has 18 heavy (non-hydrogen) atoms. The minimum atomic E-state index is 0.194. The average Bonchev–Trinajstić information content (AvgIpc) is 2.81. The van der Waals surface area contributed by atoms with Gasteiger partial charge in [-0.15, -0.1) is 0 Å². The van der Waals surface area contributed by atoms with Crippen molar-refractivity contribution in [3.05, 3.63) is 29.8 Å². The Morgan fingerprint density at radius 2 is 2.22 bits per heavy atom. The van der Waals surface area contributed by atoms with E-state index >= 15 is 0 Å². The van der Waals surface area contributed by atoms with Gasteiger partial charge in [0.1, 0.15) is 11.9 Å². The van der Waals surface area contributed by atoms with Crippen molar-refractivity contribution in [2.45, 2.75) is 38.8 Å². The molecule has 1 N–H and O–H groups in total. The predicted molar refractivity (Wildman–Crippen MR) is 73.1 cm³/mol. The van der Waals surface area contributed by atoms with Crippen LogP contribution < -0.4 is 10.1 Å². The molecule has 0 aliphatic carbocycles. The first-order valence-corrected chi connectivity index (χ1v) is 6.90. The van der Waals surface area contributed by atoms with Crippen LogP contribution in [0.3, 0.4) is 0 Å². The maximum Gasteiger partial charge on any atom is 0.123 e. The molecule has 3 nitrogen and oxygen atoms in total. The molecule has 0 bridgehead atoms. The zero-order valence-electron chi connectivity index (χ0n) is 11.3. The van der Waals surface area contributed by atoms with Gasteiger partial charge < -0.3 is 14.8 Å². The van der Waals surface area contributed by atoms with Crippen molar-refractivity contribution < 1.29 is 9.47 Å². The molecule has 1 aliphatic rings. The van der Waals surface area contributed by atoms with E-state index in [0.717, 1.165) is 38.3 Å². The summed E-state index contributed by atoms with van der Waals surface area (Å²) >= 11 is 0. The highest BCUT2D eigenvalue weighted by Gasteiger charge is 2.29. The van der Waals surface area contributed by atoms with Gasteiger partial charge in [-0.1, -0.05) is 32.0 Å². The minimum absolute atomic E-state index is 0.194. The van der Waals surface area contributed by atoms with Crippen molar-refractivity contribution in [2.24, 2.45) is 0 Å². The standard InChI is InChI=1S/C15H23NO2/c1-3-9-17-11-13(16-4-2)15-10-12-7-5-6-8-14(12)18-15/h5-8,13,15-16H,3-4,9-11H2,1-2H3. The molecule has 0 spiro atoms. The van der Waals surface area contributed by atoms with Crippen molar-refractivity contribution >= 4 is 0 Å². The first-order valence-electron chi connectivity index (χ1n) is 6.90. The Balaban J connectivity index is 1.92. The van der Waals surface area contributed by atoms with E-state index in [4.69, 9.17) is 9.47 Å². The Labute approximate surface area is 109 Å². The molecule has 0 saturated carbocycles. The van der Waals surface area contributed by atoms with Gasteiger partial charge >= 0.3 is 0 Å². The molecule has 0 saturated heterocycles. The Morgan fingerprint density at radius 1 is 1.39 bits per heavy atom. The number of likely N-dealkylation sites (N-methyl/N-ethyl adjacent to an activating group) is 1. The molecule has 3 heteroatoms. The van der Waals surface area contributed by atoms with Gasteiger partial charge in [-0.25, -0.2) is 0 Å². The molecule has 1 heterocycles. The summed E-state index contributed by atoms with van der Waals surface area (Å²) in [5.74, 6) is 1.03. The molecular weight excluding hydrogens is 226 g/mol. The van der Waals surface area contributed by atoms with E-state index in [0.29, 0.717) is 0 Å². The summed E-state index contributed by atoms with van der Waals surface area (Å²) in [6, 6.07) is 8.56. The summed E-state index contributed by atoms with van der Waals surface area (Å²) in [5, 5.41) is 3.47. The number of ether oxygens (including phenoxy) is 2. The van der Waals surface area contributed by atoms with E-state index in [-0.39, 0.29) is 12.1 Å². The maximum absolute atomic E-state index is 6.01. The van der Waals surface area contributed by atoms with Gasteiger partial charge in [0.25, 0.3) is 0 Å². The van der Waals surface area contributed by atoms with Gasteiger partial charge in [-0.2, -0.15) is 0 Å². The zero-order valence-corrected chi connectivity index (χ0v) is 11.3. The fraction of sp³-hybridized carbons (Fsp3) is 0.600. The zero-order chi connectivity index (χ0) is 12.8. The number of hydrogen-bond donors (Lipinski definition) is 1. The van der Waals surface area contributed by atoms with Gasteiger partial charge in [-0.05, 0) is 24.6 Å². The quantitative estimate of drug-likeness (QED) is 0.753. The minimum Gasteiger partial charge on any atom is -0.488 e. The Morgan fingerprint density at radius 3 is 2.94 bits per heavy atom. The largest absolute Gasteiger partial charge is 0.488 e. The smallest absolute Gasteiger partial charge is 0.123 e. The first-order chi connectivity index (χ1) is 8.85. The molecule has 100 valence electrons. The first kappa shape index (κ1) is 13.4. The molecule has 0 amide bonds. The lowest BCUT2D eigenvalue weighted by Crippen LogP contribution is -2.45. The van der Waals surface area contributed by atoms with Crippen LogP contribution in [0.25, 0.3) is 0 Å². The topological polar surface area (TPSA) is 30.5 Å². The highest BCUT2D eigenvalue weighted by Crippen LogP contribution is 2.29. The highest BCUT2D eigenvalue weighted by atomic mass is 16.5. The van der Waals surface area contributed by atoms with Crippen molar-refractivity contribution in [1.29, 1.82) is 0 Å². The third-order valence-electron chi connectivity index (χ3n) is 3.23. The van der Waals surface area contributed by atoms with Gasteiger partial charge in [0.2, 0.25) is 0 Å². The molecule has 0 fully saturated rings. The van der Waals surface area contributed by atoms with Crippen LogP contribution in [0.1, 0.15) is 25.8 Å². The SMILES string of the molecule is CCCOCC(NCC)C1Cc2ccccc2O1. The predicted octanol–water partition coefficient (Wildman–Crippen LogP) is 2.39. The number of nitrogens with one attached hydrogen (secondary N) is 1. The van der Waals surface area contributed by atoms with Gasteiger partial charge in [-0.3, -0.25) is 0 Å². The van der Waals surface area contributed by atoms with Crippen LogP contribution in [0.4, 0.5) is 0 Å². The lowest BCUT2D eigenvalue weighted by atomic mass is 10.0.